The molecule has 7 heteroatoms. The molecule has 0 amide bonds. The second-order valence-corrected chi connectivity index (χ2v) is 9.29. The normalized spacial score (nSPS) is 17.8. The molecular formula is C27H24ClFN4S. The average Bonchev–Trinajstić information content (AvgIpc) is 3.32. The number of nitrogens with zero attached hydrogens (tertiary/aromatic N) is 3. The molecule has 4 aromatic rings. The van der Waals surface area contributed by atoms with E-state index in [1.165, 1.54) is 6.07 Å². The van der Waals surface area contributed by atoms with Crippen LogP contribution in [0, 0.1) is 26.6 Å². The number of para-hydroxylation sites is 1. The second-order valence-electron chi connectivity index (χ2n) is 8.49. The largest absolute Gasteiger partial charge is 0.351 e. The molecule has 0 saturated carbocycles. The summed E-state index contributed by atoms with van der Waals surface area (Å²) in [5.74, 6) is -0.321. The molecule has 1 N–H and O–H groups in total. The molecule has 5 rings (SSSR count). The van der Waals surface area contributed by atoms with Gasteiger partial charge in [-0.25, -0.2) is 4.39 Å². The summed E-state index contributed by atoms with van der Waals surface area (Å²) in [7, 11) is 0. The molecule has 172 valence electrons. The Morgan fingerprint density at radius 3 is 2.44 bits per heavy atom. The van der Waals surface area contributed by atoms with Crippen LogP contribution in [0.15, 0.2) is 72.9 Å². The van der Waals surface area contributed by atoms with Crippen LogP contribution in [-0.2, 0) is 0 Å². The van der Waals surface area contributed by atoms with E-state index in [2.05, 4.69) is 40.8 Å². The second kappa shape index (κ2) is 8.85. The third-order valence-corrected chi connectivity index (χ3v) is 7.20. The highest BCUT2D eigenvalue weighted by atomic mass is 35.5. The van der Waals surface area contributed by atoms with Gasteiger partial charge in [-0.15, -0.1) is 0 Å². The van der Waals surface area contributed by atoms with E-state index >= 15 is 4.39 Å². The molecule has 1 aliphatic rings. The predicted molar refractivity (Wildman–Crippen MR) is 139 cm³/mol. The number of hydrogen-bond acceptors (Lipinski definition) is 2. The summed E-state index contributed by atoms with van der Waals surface area (Å²) < 4.78 is 17.2. The van der Waals surface area contributed by atoms with Gasteiger partial charge in [-0.2, -0.15) is 0 Å². The molecule has 2 atom stereocenters. The zero-order chi connectivity index (χ0) is 24.0. The Labute approximate surface area is 209 Å². The van der Waals surface area contributed by atoms with Crippen LogP contribution in [0.25, 0.3) is 5.69 Å². The van der Waals surface area contributed by atoms with Gasteiger partial charge < -0.3 is 14.8 Å². The van der Waals surface area contributed by atoms with E-state index in [-0.39, 0.29) is 17.9 Å². The van der Waals surface area contributed by atoms with Gasteiger partial charge in [0.2, 0.25) is 0 Å². The Balaban J connectivity index is 1.72. The highest BCUT2D eigenvalue weighted by Gasteiger charge is 2.43. The minimum absolute atomic E-state index is 0.247. The van der Waals surface area contributed by atoms with Crippen molar-refractivity contribution in [2.24, 2.45) is 0 Å². The summed E-state index contributed by atoms with van der Waals surface area (Å²) in [6, 6.07) is 20.1. The molecule has 4 nitrogen and oxygen atoms in total. The number of halogens is 2. The molecule has 1 saturated heterocycles. The SMILES string of the molecule is Cc1c(Cl)cccc1-n1c(C)cc([C@H]2[C@H](c3ccccn3)NC(=S)N2c2ccccc2F)c1C. The van der Waals surface area contributed by atoms with E-state index in [0.29, 0.717) is 10.8 Å². The van der Waals surface area contributed by atoms with Gasteiger partial charge in [-0.1, -0.05) is 35.9 Å². The van der Waals surface area contributed by atoms with Crippen molar-refractivity contribution < 1.29 is 4.39 Å². The monoisotopic (exact) mass is 490 g/mol. The van der Waals surface area contributed by atoms with Crippen LogP contribution in [0.5, 0.6) is 0 Å². The van der Waals surface area contributed by atoms with Crippen LogP contribution in [0.4, 0.5) is 10.1 Å². The molecule has 1 fully saturated rings. The third kappa shape index (κ3) is 3.67. The molecule has 1 aliphatic heterocycles. The van der Waals surface area contributed by atoms with Gasteiger partial charge in [0.05, 0.1) is 23.5 Å². The lowest BCUT2D eigenvalue weighted by Crippen LogP contribution is -2.30. The number of anilines is 1. The first-order chi connectivity index (χ1) is 16.4. The fourth-order valence-electron chi connectivity index (χ4n) is 4.87. The van der Waals surface area contributed by atoms with Crippen molar-refractivity contribution in [3.8, 4) is 5.69 Å². The third-order valence-electron chi connectivity index (χ3n) is 6.48. The Hall–Kier alpha value is -3.22. The summed E-state index contributed by atoms with van der Waals surface area (Å²) in [5, 5.41) is 4.59. The number of pyridine rings is 1. The van der Waals surface area contributed by atoms with E-state index in [0.717, 1.165) is 38.9 Å². The van der Waals surface area contributed by atoms with E-state index in [1.807, 2.05) is 48.2 Å². The Morgan fingerprint density at radius 1 is 0.971 bits per heavy atom. The van der Waals surface area contributed by atoms with Crippen molar-refractivity contribution in [1.82, 2.24) is 14.9 Å². The Bertz CT molecular complexity index is 1380. The van der Waals surface area contributed by atoms with Crippen molar-refractivity contribution in [3.05, 3.63) is 112 Å². The highest BCUT2D eigenvalue weighted by molar-refractivity contribution is 7.80. The minimum atomic E-state index is -0.321. The number of nitrogens with one attached hydrogen (secondary N) is 1. The molecular weight excluding hydrogens is 467 g/mol. The zero-order valence-electron chi connectivity index (χ0n) is 19.1. The van der Waals surface area contributed by atoms with Crippen molar-refractivity contribution in [1.29, 1.82) is 0 Å². The molecule has 0 radical (unpaired) electrons. The first-order valence-electron chi connectivity index (χ1n) is 11.1. The van der Waals surface area contributed by atoms with Gasteiger partial charge in [-0.05, 0) is 86.6 Å². The van der Waals surface area contributed by atoms with Crippen molar-refractivity contribution in [2.45, 2.75) is 32.9 Å². The van der Waals surface area contributed by atoms with Crippen LogP contribution in [-0.4, -0.2) is 14.7 Å². The molecule has 34 heavy (non-hydrogen) atoms. The maximum absolute atomic E-state index is 15.0. The van der Waals surface area contributed by atoms with Crippen molar-refractivity contribution >= 4 is 34.6 Å². The lowest BCUT2D eigenvalue weighted by Gasteiger charge is -2.28. The van der Waals surface area contributed by atoms with Crippen molar-refractivity contribution in [3.63, 3.8) is 0 Å². The molecule has 0 spiro atoms. The number of thiocarbonyl (C=S) groups is 1. The summed E-state index contributed by atoms with van der Waals surface area (Å²) in [6.07, 6.45) is 1.77. The molecule has 2 aromatic carbocycles. The van der Waals surface area contributed by atoms with Crippen LogP contribution >= 0.6 is 23.8 Å². The fourth-order valence-corrected chi connectivity index (χ4v) is 5.38. The lowest BCUT2D eigenvalue weighted by molar-refractivity contribution is 0.556. The summed E-state index contributed by atoms with van der Waals surface area (Å²) in [5.41, 5.74) is 6.46. The minimum Gasteiger partial charge on any atom is -0.351 e. The molecule has 3 heterocycles. The number of hydrogen-bond donors (Lipinski definition) is 1. The first-order valence-corrected chi connectivity index (χ1v) is 11.9. The first kappa shape index (κ1) is 22.6. The van der Waals surface area contributed by atoms with Crippen LogP contribution in [0.2, 0.25) is 5.02 Å². The quantitative estimate of drug-likeness (QED) is 0.320. The van der Waals surface area contributed by atoms with Crippen LogP contribution in [0.3, 0.4) is 0 Å². The summed E-state index contributed by atoms with van der Waals surface area (Å²) >= 11 is 12.2. The Kier molecular flexibility index (Phi) is 5.88. The topological polar surface area (TPSA) is 33.1 Å². The molecule has 2 aromatic heterocycles. The van der Waals surface area contributed by atoms with E-state index in [1.54, 1.807) is 18.3 Å². The maximum atomic E-state index is 15.0. The van der Waals surface area contributed by atoms with Gasteiger partial charge >= 0.3 is 0 Å². The lowest BCUT2D eigenvalue weighted by atomic mass is 9.96. The zero-order valence-corrected chi connectivity index (χ0v) is 20.7. The van der Waals surface area contributed by atoms with E-state index in [4.69, 9.17) is 23.8 Å². The summed E-state index contributed by atoms with van der Waals surface area (Å²) in [4.78, 5) is 6.47. The predicted octanol–water partition coefficient (Wildman–Crippen LogP) is 6.77. The van der Waals surface area contributed by atoms with E-state index < -0.39 is 0 Å². The number of rotatable bonds is 4. The summed E-state index contributed by atoms with van der Waals surface area (Å²) in [6.45, 7) is 6.17. The molecule has 0 unspecified atom stereocenters. The highest BCUT2D eigenvalue weighted by Crippen LogP contribution is 2.44. The number of aromatic nitrogens is 2. The van der Waals surface area contributed by atoms with Gasteiger partial charge in [0.25, 0.3) is 0 Å². The van der Waals surface area contributed by atoms with Crippen LogP contribution < -0.4 is 10.2 Å². The van der Waals surface area contributed by atoms with Gasteiger partial charge in [0, 0.05) is 28.3 Å². The average molecular weight is 491 g/mol. The smallest absolute Gasteiger partial charge is 0.174 e. The number of benzene rings is 2. The fraction of sp³-hybridized carbons (Fsp3) is 0.185. The number of aryl methyl sites for hydroxylation is 1. The Morgan fingerprint density at radius 2 is 1.71 bits per heavy atom. The standard InChI is InChI=1S/C27H24ClFN4S/c1-16-15-19(18(3)32(16)23-13-8-9-20(28)17(23)2)26-25(22-11-6-7-14-30-22)31-27(34)33(26)24-12-5-4-10-21(24)29/h4-15,25-26H,1-3H3,(H,31,34)/t25-,26-/m0/s1. The van der Waals surface area contributed by atoms with Crippen molar-refractivity contribution in [2.75, 3.05) is 4.90 Å². The molecule has 0 bridgehead atoms. The van der Waals surface area contributed by atoms with Crippen LogP contribution in [0.1, 0.15) is 40.3 Å². The van der Waals surface area contributed by atoms with Gasteiger partial charge in [0.15, 0.2) is 5.11 Å². The molecule has 0 aliphatic carbocycles. The maximum Gasteiger partial charge on any atom is 0.174 e. The van der Waals surface area contributed by atoms with Gasteiger partial charge in [0.1, 0.15) is 5.82 Å². The van der Waals surface area contributed by atoms with E-state index in [9.17, 15) is 0 Å². The van der Waals surface area contributed by atoms with Gasteiger partial charge in [-0.3, -0.25) is 4.98 Å².